The number of aliphatic imine (C=N–C) groups is 1. The molecule has 5 nitrogen and oxygen atoms in total. The fraction of sp³-hybridized carbons (Fsp3) is 0.800. The second-order valence-electron chi connectivity index (χ2n) is 5.59. The van der Waals surface area contributed by atoms with Crippen LogP contribution in [0, 0.1) is 5.92 Å². The number of nitrogens with zero attached hydrogens (tertiary/aromatic N) is 1. The normalized spacial score (nSPS) is 16.9. The van der Waals surface area contributed by atoms with E-state index in [0.717, 1.165) is 25.3 Å². The lowest BCUT2D eigenvalue weighted by Crippen LogP contribution is -2.43. The molecule has 1 rings (SSSR count). The van der Waals surface area contributed by atoms with E-state index in [9.17, 15) is 5.11 Å². The Morgan fingerprint density at radius 2 is 2.00 bits per heavy atom. The summed E-state index contributed by atoms with van der Waals surface area (Å²) < 4.78 is 5.41. The Morgan fingerprint density at radius 3 is 2.57 bits per heavy atom. The van der Waals surface area contributed by atoms with E-state index in [1.807, 2.05) is 6.92 Å². The van der Waals surface area contributed by atoms with Crippen molar-refractivity contribution >= 4 is 29.9 Å². The van der Waals surface area contributed by atoms with Crippen LogP contribution in [-0.4, -0.2) is 49.5 Å². The van der Waals surface area contributed by atoms with Gasteiger partial charge in [-0.1, -0.05) is 26.0 Å². The molecule has 21 heavy (non-hydrogen) atoms. The summed E-state index contributed by atoms with van der Waals surface area (Å²) in [5.74, 6) is 1.25. The third-order valence-corrected chi connectivity index (χ3v) is 2.91. The van der Waals surface area contributed by atoms with Crippen molar-refractivity contribution in [2.75, 3.05) is 26.3 Å². The van der Waals surface area contributed by atoms with E-state index < -0.39 is 6.10 Å². The minimum absolute atomic E-state index is 0. The zero-order chi connectivity index (χ0) is 14.8. The van der Waals surface area contributed by atoms with E-state index >= 15 is 0 Å². The van der Waals surface area contributed by atoms with Crippen molar-refractivity contribution in [3.8, 4) is 0 Å². The average Bonchev–Trinajstić information content (AvgIpc) is 2.88. The van der Waals surface area contributed by atoms with Crippen LogP contribution < -0.4 is 10.6 Å². The molecule has 1 aliphatic carbocycles. The molecular weight excluding hydrogens is 381 g/mol. The number of rotatable bonds is 8. The summed E-state index contributed by atoms with van der Waals surface area (Å²) in [7, 11) is 0. The Hall–Kier alpha value is -0.340. The quantitative estimate of drug-likeness (QED) is 0.247. The molecule has 0 saturated carbocycles. The van der Waals surface area contributed by atoms with Crippen LogP contribution in [0.3, 0.4) is 0 Å². The highest BCUT2D eigenvalue weighted by molar-refractivity contribution is 14.0. The molecule has 0 amide bonds. The van der Waals surface area contributed by atoms with Crippen LogP contribution in [-0.2, 0) is 4.74 Å². The maximum absolute atomic E-state index is 9.84. The van der Waals surface area contributed by atoms with E-state index in [-0.39, 0.29) is 24.0 Å². The molecule has 0 aromatic heterocycles. The number of hydrogen-bond acceptors (Lipinski definition) is 3. The van der Waals surface area contributed by atoms with Gasteiger partial charge >= 0.3 is 0 Å². The Bertz CT molecular complexity index is 314. The van der Waals surface area contributed by atoms with Gasteiger partial charge in [-0.2, -0.15) is 0 Å². The van der Waals surface area contributed by atoms with Crippen molar-refractivity contribution in [3.05, 3.63) is 12.2 Å². The number of aliphatic hydroxyl groups excluding tert-OH is 1. The summed E-state index contributed by atoms with van der Waals surface area (Å²) in [6.07, 6.45) is 5.87. The van der Waals surface area contributed by atoms with E-state index in [0.29, 0.717) is 31.7 Å². The SMILES string of the molecule is CCNC(=NCC(O)COCC(C)C)NC1CC=CC1.I. The van der Waals surface area contributed by atoms with E-state index in [2.05, 4.69) is 41.6 Å². The molecule has 0 saturated heterocycles. The van der Waals surface area contributed by atoms with Crippen molar-refractivity contribution in [3.63, 3.8) is 0 Å². The fourth-order valence-electron chi connectivity index (χ4n) is 1.94. The van der Waals surface area contributed by atoms with Crippen LogP contribution in [0.25, 0.3) is 0 Å². The Labute approximate surface area is 145 Å². The first-order valence-electron chi connectivity index (χ1n) is 7.57. The van der Waals surface area contributed by atoms with Gasteiger partial charge < -0.3 is 20.5 Å². The van der Waals surface area contributed by atoms with Gasteiger partial charge in [0.1, 0.15) is 0 Å². The zero-order valence-electron chi connectivity index (χ0n) is 13.3. The predicted molar refractivity (Wildman–Crippen MR) is 98.4 cm³/mol. The van der Waals surface area contributed by atoms with E-state index in [4.69, 9.17) is 4.74 Å². The lowest BCUT2D eigenvalue weighted by Gasteiger charge is -2.17. The highest BCUT2D eigenvalue weighted by Crippen LogP contribution is 2.08. The molecule has 0 fully saturated rings. The molecule has 1 atom stereocenters. The first kappa shape index (κ1) is 20.7. The number of aliphatic hydroxyl groups is 1. The Balaban J connectivity index is 0.00000400. The standard InChI is InChI=1S/C15H29N3O2.HI/c1-4-16-15(18-13-7-5-6-8-13)17-9-14(19)11-20-10-12(2)3;/h5-6,12-14,19H,4,7-11H2,1-3H3,(H2,16,17,18);1H. The van der Waals surface area contributed by atoms with Gasteiger partial charge in [-0.05, 0) is 25.7 Å². The highest BCUT2D eigenvalue weighted by Gasteiger charge is 2.12. The van der Waals surface area contributed by atoms with Crippen molar-refractivity contribution in [2.24, 2.45) is 10.9 Å². The van der Waals surface area contributed by atoms with Gasteiger partial charge in [0.15, 0.2) is 5.96 Å². The van der Waals surface area contributed by atoms with Gasteiger partial charge in [-0.25, -0.2) is 0 Å². The lowest BCUT2D eigenvalue weighted by molar-refractivity contribution is 0.0301. The predicted octanol–water partition coefficient (Wildman–Crippen LogP) is 1.91. The molecule has 6 heteroatoms. The topological polar surface area (TPSA) is 65.9 Å². The fourth-order valence-corrected chi connectivity index (χ4v) is 1.94. The molecule has 0 bridgehead atoms. The minimum atomic E-state index is -0.550. The van der Waals surface area contributed by atoms with Crippen LogP contribution in [0.5, 0.6) is 0 Å². The van der Waals surface area contributed by atoms with Gasteiger partial charge in [0, 0.05) is 19.2 Å². The van der Waals surface area contributed by atoms with Crippen LogP contribution in [0.15, 0.2) is 17.1 Å². The summed E-state index contributed by atoms with van der Waals surface area (Å²) in [5.41, 5.74) is 0. The van der Waals surface area contributed by atoms with Crippen LogP contribution in [0.1, 0.15) is 33.6 Å². The van der Waals surface area contributed by atoms with Crippen LogP contribution >= 0.6 is 24.0 Å². The molecule has 0 spiro atoms. The minimum Gasteiger partial charge on any atom is -0.389 e. The number of ether oxygens (including phenoxy) is 1. The lowest BCUT2D eigenvalue weighted by atomic mass is 10.2. The second-order valence-corrected chi connectivity index (χ2v) is 5.59. The van der Waals surface area contributed by atoms with Crippen molar-refractivity contribution in [1.29, 1.82) is 0 Å². The summed E-state index contributed by atoms with van der Waals surface area (Å²) in [6, 6.07) is 0.419. The maximum Gasteiger partial charge on any atom is 0.191 e. The molecule has 0 aromatic rings. The number of nitrogens with one attached hydrogen (secondary N) is 2. The molecule has 0 aliphatic heterocycles. The Morgan fingerprint density at radius 1 is 1.33 bits per heavy atom. The maximum atomic E-state index is 9.84. The molecule has 3 N–H and O–H groups in total. The highest BCUT2D eigenvalue weighted by atomic mass is 127. The van der Waals surface area contributed by atoms with Crippen molar-refractivity contribution in [1.82, 2.24) is 10.6 Å². The van der Waals surface area contributed by atoms with Crippen molar-refractivity contribution in [2.45, 2.75) is 45.8 Å². The first-order valence-corrected chi connectivity index (χ1v) is 7.57. The summed E-state index contributed by atoms with van der Waals surface area (Å²) in [6.45, 7) is 8.39. The molecule has 0 radical (unpaired) electrons. The summed E-state index contributed by atoms with van der Waals surface area (Å²) in [4.78, 5) is 4.41. The molecule has 0 heterocycles. The summed E-state index contributed by atoms with van der Waals surface area (Å²) in [5, 5.41) is 16.4. The molecule has 124 valence electrons. The number of hydrogen-bond donors (Lipinski definition) is 3. The van der Waals surface area contributed by atoms with E-state index in [1.165, 1.54) is 0 Å². The van der Waals surface area contributed by atoms with Gasteiger partial charge in [-0.15, -0.1) is 24.0 Å². The molecular formula is C15H30IN3O2. The Kier molecular flexibility index (Phi) is 12.0. The monoisotopic (exact) mass is 411 g/mol. The van der Waals surface area contributed by atoms with Crippen molar-refractivity contribution < 1.29 is 9.84 Å². The summed E-state index contributed by atoms with van der Waals surface area (Å²) >= 11 is 0. The number of halogens is 1. The van der Waals surface area contributed by atoms with Crippen LogP contribution in [0.4, 0.5) is 0 Å². The molecule has 1 unspecified atom stereocenters. The average molecular weight is 411 g/mol. The number of guanidine groups is 1. The molecule has 1 aliphatic rings. The van der Waals surface area contributed by atoms with Gasteiger partial charge in [-0.3, -0.25) is 4.99 Å². The van der Waals surface area contributed by atoms with Gasteiger partial charge in [0.2, 0.25) is 0 Å². The largest absolute Gasteiger partial charge is 0.389 e. The first-order chi connectivity index (χ1) is 9.61. The van der Waals surface area contributed by atoms with Gasteiger partial charge in [0.25, 0.3) is 0 Å². The van der Waals surface area contributed by atoms with Crippen LogP contribution in [0.2, 0.25) is 0 Å². The van der Waals surface area contributed by atoms with Gasteiger partial charge in [0.05, 0.1) is 19.3 Å². The van der Waals surface area contributed by atoms with E-state index in [1.54, 1.807) is 0 Å². The third-order valence-electron chi connectivity index (χ3n) is 2.91. The third kappa shape index (κ3) is 10.1. The zero-order valence-corrected chi connectivity index (χ0v) is 15.7. The second kappa shape index (κ2) is 12.2. The molecule has 0 aromatic carbocycles. The smallest absolute Gasteiger partial charge is 0.191 e.